The van der Waals surface area contributed by atoms with Gasteiger partial charge in [0.25, 0.3) is 5.91 Å². The van der Waals surface area contributed by atoms with Crippen LogP contribution >= 0.6 is 15.9 Å². The minimum absolute atomic E-state index is 0.0334. The van der Waals surface area contributed by atoms with Crippen molar-refractivity contribution in [3.8, 4) is 11.5 Å². The number of hydrogen-bond donors (Lipinski definition) is 1. The highest BCUT2D eigenvalue weighted by Gasteiger charge is 2.43. The van der Waals surface area contributed by atoms with E-state index in [4.69, 9.17) is 9.15 Å². The highest BCUT2D eigenvalue weighted by molar-refractivity contribution is 9.10. The molecule has 2 heterocycles. The molecule has 0 saturated carbocycles. The van der Waals surface area contributed by atoms with Crippen LogP contribution in [0.1, 0.15) is 33.3 Å². The number of amides is 1. The number of fused-ring (bicyclic) bond motifs is 2. The number of nitrogens with zero attached hydrogens (tertiary/aromatic N) is 1. The average Bonchev–Trinajstić information content (AvgIpc) is 3.08. The normalized spacial score (nSPS) is 15.2. The van der Waals surface area contributed by atoms with Gasteiger partial charge in [-0.05, 0) is 53.6 Å². The molecule has 0 aliphatic carbocycles. The molecule has 1 aliphatic rings. The van der Waals surface area contributed by atoms with Crippen LogP contribution in [-0.2, 0) is 6.54 Å². The Hall–Kier alpha value is -3.65. The maximum absolute atomic E-state index is 13.6. The molecule has 33 heavy (non-hydrogen) atoms. The van der Waals surface area contributed by atoms with E-state index in [1.807, 2.05) is 0 Å². The number of phenolic OH excluding ortho intramolecular Hbond substituents is 1. The maximum atomic E-state index is 13.6. The number of hydrogen-bond acceptors (Lipinski definition) is 5. The summed E-state index contributed by atoms with van der Waals surface area (Å²) in [5, 5.41) is 10.4. The quantitative estimate of drug-likeness (QED) is 0.411. The molecule has 3 aromatic carbocycles. The van der Waals surface area contributed by atoms with Gasteiger partial charge in [0.15, 0.2) is 16.9 Å². The summed E-state index contributed by atoms with van der Waals surface area (Å²) in [5.74, 6) is -0.723. The van der Waals surface area contributed by atoms with Crippen LogP contribution in [0.4, 0.5) is 4.39 Å². The fraction of sp³-hybridized carbons (Fsp3) is 0.120. The Morgan fingerprint density at radius 2 is 1.85 bits per heavy atom. The number of benzene rings is 3. The summed E-state index contributed by atoms with van der Waals surface area (Å²) in [4.78, 5) is 28.5. The zero-order chi connectivity index (χ0) is 23.3. The van der Waals surface area contributed by atoms with Gasteiger partial charge in [0.1, 0.15) is 11.4 Å². The van der Waals surface area contributed by atoms with E-state index >= 15 is 0 Å². The minimum Gasteiger partial charge on any atom is -0.504 e. The van der Waals surface area contributed by atoms with E-state index in [1.54, 1.807) is 42.5 Å². The monoisotopic (exact) mass is 509 g/mol. The Kier molecular flexibility index (Phi) is 5.17. The number of aromatic hydroxyl groups is 1. The zero-order valence-electron chi connectivity index (χ0n) is 17.3. The molecular weight excluding hydrogens is 493 g/mol. The van der Waals surface area contributed by atoms with Crippen LogP contribution in [0, 0.1) is 5.82 Å². The Balaban J connectivity index is 1.73. The standard InChI is InChI=1S/C25H17BrFNO5/c1-32-20-10-14(4-8-18(20)29)22-21-23(30)17-11-15(26)5-9-19(17)33-24(21)25(31)28(22)12-13-2-6-16(27)7-3-13/h2-11,22,29H,12H2,1H3/t22-/m1/s1. The third-order valence-electron chi connectivity index (χ3n) is 5.71. The molecule has 6 nitrogen and oxygen atoms in total. The highest BCUT2D eigenvalue weighted by Crippen LogP contribution is 2.41. The molecule has 166 valence electrons. The van der Waals surface area contributed by atoms with Gasteiger partial charge in [-0.25, -0.2) is 4.39 Å². The van der Waals surface area contributed by atoms with Crippen LogP contribution in [0.25, 0.3) is 11.0 Å². The number of carbonyl (C=O) groups is 1. The number of carbonyl (C=O) groups excluding carboxylic acids is 1. The van der Waals surface area contributed by atoms with Gasteiger partial charge in [-0.1, -0.05) is 34.1 Å². The van der Waals surface area contributed by atoms with Crippen molar-refractivity contribution in [1.82, 2.24) is 4.90 Å². The summed E-state index contributed by atoms with van der Waals surface area (Å²) in [5.41, 5.74) is 1.45. The molecule has 0 spiro atoms. The first-order chi connectivity index (χ1) is 15.9. The lowest BCUT2D eigenvalue weighted by atomic mass is 9.98. The van der Waals surface area contributed by atoms with Crippen LogP contribution < -0.4 is 10.2 Å². The Morgan fingerprint density at radius 3 is 2.58 bits per heavy atom. The molecule has 1 atom stereocenters. The van der Waals surface area contributed by atoms with E-state index in [9.17, 15) is 19.1 Å². The number of phenols is 1. The maximum Gasteiger partial charge on any atom is 0.291 e. The molecule has 4 aromatic rings. The summed E-state index contributed by atoms with van der Waals surface area (Å²) in [7, 11) is 1.42. The molecular formula is C25H17BrFNO5. The first-order valence-electron chi connectivity index (χ1n) is 10.1. The minimum atomic E-state index is -0.785. The molecule has 0 fully saturated rings. The first-order valence-corrected chi connectivity index (χ1v) is 10.8. The van der Waals surface area contributed by atoms with Crippen molar-refractivity contribution in [2.45, 2.75) is 12.6 Å². The number of methoxy groups -OCH3 is 1. The molecule has 0 unspecified atom stereocenters. The predicted molar refractivity (Wildman–Crippen MR) is 123 cm³/mol. The second kappa shape index (κ2) is 8.04. The van der Waals surface area contributed by atoms with Crippen molar-refractivity contribution in [2.24, 2.45) is 0 Å². The van der Waals surface area contributed by atoms with E-state index in [0.717, 1.165) is 0 Å². The summed E-state index contributed by atoms with van der Waals surface area (Å²) in [6, 6.07) is 14.7. The van der Waals surface area contributed by atoms with Crippen molar-refractivity contribution in [3.63, 3.8) is 0 Å². The van der Waals surface area contributed by atoms with Crippen molar-refractivity contribution in [1.29, 1.82) is 0 Å². The summed E-state index contributed by atoms with van der Waals surface area (Å²) in [6.07, 6.45) is 0. The molecule has 0 saturated heterocycles. The topological polar surface area (TPSA) is 80.0 Å². The third-order valence-corrected chi connectivity index (χ3v) is 6.21. The van der Waals surface area contributed by atoms with E-state index in [1.165, 1.54) is 30.2 Å². The van der Waals surface area contributed by atoms with Crippen LogP contribution in [0.15, 0.2) is 74.3 Å². The second-order valence-corrected chi connectivity index (χ2v) is 8.62. The Labute approximate surface area is 196 Å². The number of rotatable bonds is 4. The fourth-order valence-electron chi connectivity index (χ4n) is 4.15. The molecule has 1 aliphatic heterocycles. The number of halogens is 2. The predicted octanol–water partition coefficient (Wildman–Crippen LogP) is 5.15. The lowest BCUT2D eigenvalue weighted by Gasteiger charge is -2.25. The zero-order valence-corrected chi connectivity index (χ0v) is 18.9. The fourth-order valence-corrected chi connectivity index (χ4v) is 4.51. The number of ether oxygens (including phenoxy) is 1. The SMILES string of the molecule is COc1cc([C@@H]2c3c(oc4ccc(Br)cc4c3=O)C(=O)N2Cc2ccc(F)cc2)ccc1O. The highest BCUT2D eigenvalue weighted by atomic mass is 79.9. The Morgan fingerprint density at radius 1 is 1.09 bits per heavy atom. The van der Waals surface area contributed by atoms with Crippen molar-refractivity contribution >= 4 is 32.8 Å². The van der Waals surface area contributed by atoms with E-state index in [0.29, 0.717) is 26.6 Å². The molecule has 1 N–H and O–H groups in total. The van der Waals surface area contributed by atoms with Crippen LogP contribution in [0.3, 0.4) is 0 Å². The van der Waals surface area contributed by atoms with Gasteiger partial charge in [0.2, 0.25) is 5.76 Å². The summed E-state index contributed by atoms with van der Waals surface area (Å²) in [6.45, 7) is 0.122. The molecule has 0 radical (unpaired) electrons. The molecule has 0 bridgehead atoms. The lowest BCUT2D eigenvalue weighted by Crippen LogP contribution is -2.29. The van der Waals surface area contributed by atoms with Gasteiger partial charge in [-0.2, -0.15) is 0 Å². The largest absolute Gasteiger partial charge is 0.504 e. The van der Waals surface area contributed by atoms with Crippen molar-refractivity contribution in [3.05, 3.63) is 104 Å². The molecule has 5 rings (SSSR count). The molecule has 8 heteroatoms. The van der Waals surface area contributed by atoms with Gasteiger partial charge < -0.3 is 19.2 Å². The van der Waals surface area contributed by atoms with Crippen LogP contribution in [0.2, 0.25) is 0 Å². The van der Waals surface area contributed by atoms with Gasteiger partial charge in [-0.15, -0.1) is 0 Å². The van der Waals surface area contributed by atoms with Gasteiger partial charge in [0.05, 0.1) is 24.1 Å². The molecule has 1 amide bonds. The summed E-state index contributed by atoms with van der Waals surface area (Å²) >= 11 is 3.38. The van der Waals surface area contributed by atoms with E-state index < -0.39 is 11.9 Å². The van der Waals surface area contributed by atoms with Gasteiger partial charge in [0, 0.05) is 11.0 Å². The first kappa shape index (κ1) is 21.2. The summed E-state index contributed by atoms with van der Waals surface area (Å²) < 4.78 is 25.3. The van der Waals surface area contributed by atoms with Gasteiger partial charge >= 0.3 is 0 Å². The average molecular weight is 510 g/mol. The Bertz CT molecular complexity index is 1460. The van der Waals surface area contributed by atoms with Crippen LogP contribution in [-0.4, -0.2) is 23.0 Å². The smallest absolute Gasteiger partial charge is 0.291 e. The van der Waals surface area contributed by atoms with Gasteiger partial charge in [-0.3, -0.25) is 9.59 Å². The van der Waals surface area contributed by atoms with Crippen molar-refractivity contribution < 1.29 is 23.4 Å². The second-order valence-electron chi connectivity index (χ2n) is 7.71. The van der Waals surface area contributed by atoms with Crippen molar-refractivity contribution in [2.75, 3.05) is 7.11 Å². The lowest BCUT2D eigenvalue weighted by molar-refractivity contribution is 0.0714. The van der Waals surface area contributed by atoms with Crippen LogP contribution in [0.5, 0.6) is 11.5 Å². The third kappa shape index (κ3) is 3.56. The molecule has 1 aromatic heterocycles. The van der Waals surface area contributed by atoms with E-state index in [-0.39, 0.29) is 40.6 Å². The van der Waals surface area contributed by atoms with E-state index in [2.05, 4.69) is 15.9 Å².